The lowest BCUT2D eigenvalue weighted by molar-refractivity contribution is 0.306. The van der Waals surface area contributed by atoms with Crippen molar-refractivity contribution >= 4 is 16.7 Å². The number of nitrogens with zero attached hydrogens (tertiary/aromatic N) is 3. The lowest BCUT2D eigenvalue weighted by Gasteiger charge is -2.16. The van der Waals surface area contributed by atoms with E-state index in [9.17, 15) is 0 Å². The van der Waals surface area contributed by atoms with Gasteiger partial charge >= 0.3 is 0 Å². The van der Waals surface area contributed by atoms with Crippen molar-refractivity contribution in [3.8, 4) is 0 Å². The Morgan fingerprint density at radius 2 is 2.07 bits per heavy atom. The van der Waals surface area contributed by atoms with Gasteiger partial charge in [0.25, 0.3) is 0 Å². The van der Waals surface area contributed by atoms with Crippen LogP contribution in [0.3, 0.4) is 0 Å². The summed E-state index contributed by atoms with van der Waals surface area (Å²) in [5, 5.41) is 3.90. The molecule has 0 bridgehead atoms. The molecule has 1 N–H and O–H groups in total. The number of rotatable bonds is 6. The zero-order chi connectivity index (χ0) is 10.4. The average molecular weight is 214 g/mol. The van der Waals surface area contributed by atoms with Gasteiger partial charge in [-0.05, 0) is 13.1 Å². The highest BCUT2D eigenvalue weighted by Crippen LogP contribution is 2.10. The standard InChI is InChI=1S/C9H18N4S/c1-4-13(5-2)7-6-8-11-9(10-3)14-12-8/h4-7H2,1-3H3,(H,10,11,12). The Morgan fingerprint density at radius 3 is 2.57 bits per heavy atom. The van der Waals surface area contributed by atoms with Crippen molar-refractivity contribution in [2.45, 2.75) is 20.3 Å². The van der Waals surface area contributed by atoms with Crippen LogP contribution in [0.4, 0.5) is 5.13 Å². The van der Waals surface area contributed by atoms with Crippen LogP contribution < -0.4 is 5.32 Å². The first-order valence-corrected chi connectivity index (χ1v) is 5.80. The molecule has 1 rings (SSSR count). The number of likely N-dealkylation sites (N-methyl/N-ethyl adjacent to an activating group) is 1. The van der Waals surface area contributed by atoms with Crippen LogP contribution in [-0.4, -0.2) is 40.9 Å². The minimum atomic E-state index is 0.902. The number of nitrogens with one attached hydrogen (secondary N) is 1. The molecule has 0 aromatic carbocycles. The van der Waals surface area contributed by atoms with E-state index in [1.165, 1.54) is 11.5 Å². The molecule has 0 amide bonds. The molecule has 80 valence electrons. The quantitative estimate of drug-likeness (QED) is 0.778. The summed E-state index contributed by atoms with van der Waals surface area (Å²) < 4.78 is 4.27. The maximum atomic E-state index is 4.34. The van der Waals surface area contributed by atoms with Gasteiger partial charge in [-0.25, -0.2) is 4.98 Å². The number of aromatic nitrogens is 2. The van der Waals surface area contributed by atoms with Gasteiger partial charge in [-0.3, -0.25) is 0 Å². The molecule has 1 aromatic heterocycles. The van der Waals surface area contributed by atoms with Crippen LogP contribution in [0.25, 0.3) is 0 Å². The molecule has 0 spiro atoms. The van der Waals surface area contributed by atoms with Crippen LogP contribution in [0.5, 0.6) is 0 Å². The van der Waals surface area contributed by atoms with Gasteiger partial charge in [0.05, 0.1) is 0 Å². The van der Waals surface area contributed by atoms with E-state index in [0.717, 1.165) is 37.0 Å². The molecule has 0 atom stereocenters. The maximum absolute atomic E-state index is 4.34. The van der Waals surface area contributed by atoms with E-state index in [-0.39, 0.29) is 0 Å². The molecular formula is C9H18N4S. The number of hydrogen-bond donors (Lipinski definition) is 1. The fourth-order valence-corrected chi connectivity index (χ4v) is 1.82. The van der Waals surface area contributed by atoms with Crippen LogP contribution in [0, 0.1) is 0 Å². The third kappa shape index (κ3) is 3.23. The number of anilines is 1. The first-order valence-electron chi connectivity index (χ1n) is 5.02. The Bertz CT molecular complexity index is 257. The molecular weight excluding hydrogens is 196 g/mol. The van der Waals surface area contributed by atoms with Gasteiger partial charge in [-0.1, -0.05) is 13.8 Å². The normalized spacial score (nSPS) is 10.9. The lowest BCUT2D eigenvalue weighted by Crippen LogP contribution is -2.25. The SMILES string of the molecule is CCN(CC)CCc1nsc(NC)n1. The van der Waals surface area contributed by atoms with Gasteiger partial charge in [-0.15, -0.1) is 0 Å². The second-order valence-electron chi connectivity index (χ2n) is 3.04. The molecule has 0 fully saturated rings. The Kier molecular flexibility index (Phi) is 4.82. The Morgan fingerprint density at radius 1 is 1.36 bits per heavy atom. The summed E-state index contributed by atoms with van der Waals surface area (Å²) in [6, 6.07) is 0. The molecule has 1 aromatic rings. The van der Waals surface area contributed by atoms with Crippen molar-refractivity contribution in [1.82, 2.24) is 14.3 Å². The minimum Gasteiger partial charge on any atom is -0.363 e. The largest absolute Gasteiger partial charge is 0.363 e. The smallest absolute Gasteiger partial charge is 0.202 e. The zero-order valence-corrected chi connectivity index (χ0v) is 9.89. The summed E-state index contributed by atoms with van der Waals surface area (Å²) in [6.07, 6.45) is 0.944. The van der Waals surface area contributed by atoms with Crippen molar-refractivity contribution in [3.05, 3.63) is 5.82 Å². The van der Waals surface area contributed by atoms with E-state index in [1.54, 1.807) is 0 Å². The van der Waals surface area contributed by atoms with Gasteiger partial charge in [0.15, 0.2) is 0 Å². The summed E-state index contributed by atoms with van der Waals surface area (Å²) in [5.74, 6) is 0.950. The fraction of sp³-hybridized carbons (Fsp3) is 0.778. The fourth-order valence-electron chi connectivity index (χ4n) is 1.26. The van der Waals surface area contributed by atoms with E-state index in [0.29, 0.717) is 0 Å². The molecule has 5 heteroatoms. The maximum Gasteiger partial charge on any atom is 0.202 e. The van der Waals surface area contributed by atoms with Crippen LogP contribution in [0.1, 0.15) is 19.7 Å². The summed E-state index contributed by atoms with van der Waals surface area (Å²) in [7, 11) is 1.87. The molecule has 0 aliphatic heterocycles. The second kappa shape index (κ2) is 5.93. The van der Waals surface area contributed by atoms with Crippen molar-refractivity contribution < 1.29 is 0 Å². The number of hydrogen-bond acceptors (Lipinski definition) is 5. The summed E-state index contributed by atoms with van der Waals surface area (Å²) >= 11 is 1.43. The first kappa shape index (κ1) is 11.4. The third-order valence-electron chi connectivity index (χ3n) is 2.23. The molecule has 1 heterocycles. The van der Waals surface area contributed by atoms with Crippen LogP contribution in [0.15, 0.2) is 0 Å². The molecule has 0 aliphatic carbocycles. The van der Waals surface area contributed by atoms with Gasteiger partial charge in [0, 0.05) is 31.5 Å². The van der Waals surface area contributed by atoms with Crippen molar-refractivity contribution in [2.24, 2.45) is 0 Å². The van der Waals surface area contributed by atoms with Crippen molar-refractivity contribution in [3.63, 3.8) is 0 Å². The van der Waals surface area contributed by atoms with Crippen LogP contribution >= 0.6 is 11.5 Å². The highest BCUT2D eigenvalue weighted by Gasteiger charge is 2.04. The van der Waals surface area contributed by atoms with E-state index >= 15 is 0 Å². The van der Waals surface area contributed by atoms with E-state index in [4.69, 9.17) is 0 Å². The van der Waals surface area contributed by atoms with Crippen molar-refractivity contribution in [1.29, 1.82) is 0 Å². The molecule has 0 unspecified atom stereocenters. The minimum absolute atomic E-state index is 0.902. The Balaban J connectivity index is 2.37. The molecule has 0 aliphatic rings. The van der Waals surface area contributed by atoms with Gasteiger partial charge < -0.3 is 10.2 Å². The highest BCUT2D eigenvalue weighted by atomic mass is 32.1. The Labute approximate surface area is 89.5 Å². The topological polar surface area (TPSA) is 41.1 Å². The average Bonchev–Trinajstić information content (AvgIpc) is 2.67. The zero-order valence-electron chi connectivity index (χ0n) is 9.08. The third-order valence-corrected chi connectivity index (χ3v) is 3.00. The van der Waals surface area contributed by atoms with Gasteiger partial charge in [0.1, 0.15) is 5.82 Å². The van der Waals surface area contributed by atoms with Gasteiger partial charge in [0.2, 0.25) is 5.13 Å². The summed E-state index contributed by atoms with van der Waals surface area (Å²) in [6.45, 7) is 7.60. The second-order valence-corrected chi connectivity index (χ2v) is 3.79. The molecule has 14 heavy (non-hydrogen) atoms. The molecule has 4 nitrogen and oxygen atoms in total. The Hall–Kier alpha value is -0.680. The van der Waals surface area contributed by atoms with E-state index in [2.05, 4.69) is 33.4 Å². The van der Waals surface area contributed by atoms with E-state index in [1.807, 2.05) is 7.05 Å². The van der Waals surface area contributed by atoms with Crippen molar-refractivity contribution in [2.75, 3.05) is 32.0 Å². The van der Waals surface area contributed by atoms with Gasteiger partial charge in [-0.2, -0.15) is 4.37 Å². The van der Waals surface area contributed by atoms with E-state index < -0.39 is 0 Å². The van der Waals surface area contributed by atoms with Crippen LogP contribution in [-0.2, 0) is 6.42 Å². The molecule has 0 radical (unpaired) electrons. The summed E-state index contributed by atoms with van der Waals surface area (Å²) in [4.78, 5) is 6.71. The highest BCUT2D eigenvalue weighted by molar-refractivity contribution is 7.09. The molecule has 0 saturated carbocycles. The lowest BCUT2D eigenvalue weighted by atomic mass is 10.3. The summed E-state index contributed by atoms with van der Waals surface area (Å²) in [5.41, 5.74) is 0. The predicted molar refractivity (Wildman–Crippen MR) is 60.9 cm³/mol. The monoisotopic (exact) mass is 214 g/mol. The predicted octanol–water partition coefficient (Wildman–Crippen LogP) is 1.46. The van der Waals surface area contributed by atoms with Crippen LogP contribution in [0.2, 0.25) is 0 Å². The molecule has 0 saturated heterocycles. The first-order chi connectivity index (χ1) is 6.80.